The summed E-state index contributed by atoms with van der Waals surface area (Å²) in [6.45, 7) is 9.46. The summed E-state index contributed by atoms with van der Waals surface area (Å²) in [7, 11) is 0. The Balaban J connectivity index is 1.71. The van der Waals surface area contributed by atoms with Crippen LogP contribution in [-0.2, 0) is 10.8 Å². The average molecular weight is 421 g/mol. The molecule has 2 aliphatic rings. The standard InChI is InChI=1S/C28H36O3/c1-27(2)16-17-28(3,4)24-18-21(12-15-23(24)27)25(19-8-6-5-7-9-19)31-22-13-10-20(11-14-22)26(29)30/h10-15,18-19,25H,5-9,16-17H2,1-4H3,(H,29,30). The molecular formula is C28H36O3. The van der Waals surface area contributed by atoms with Crippen LogP contribution in [-0.4, -0.2) is 11.1 Å². The van der Waals surface area contributed by atoms with Crippen molar-refractivity contribution in [2.75, 3.05) is 0 Å². The minimum Gasteiger partial charge on any atom is -0.485 e. The van der Waals surface area contributed by atoms with Crippen molar-refractivity contribution in [3.05, 3.63) is 64.7 Å². The van der Waals surface area contributed by atoms with Crippen LogP contribution >= 0.6 is 0 Å². The summed E-state index contributed by atoms with van der Waals surface area (Å²) in [6.07, 6.45) is 8.60. The smallest absolute Gasteiger partial charge is 0.335 e. The zero-order valence-electron chi connectivity index (χ0n) is 19.4. The van der Waals surface area contributed by atoms with Gasteiger partial charge in [0.1, 0.15) is 11.9 Å². The van der Waals surface area contributed by atoms with E-state index in [1.165, 1.54) is 61.6 Å². The first-order valence-corrected chi connectivity index (χ1v) is 11.8. The number of carboxylic acids is 1. The summed E-state index contributed by atoms with van der Waals surface area (Å²) in [4.78, 5) is 11.2. The van der Waals surface area contributed by atoms with Crippen molar-refractivity contribution >= 4 is 5.97 Å². The largest absolute Gasteiger partial charge is 0.485 e. The van der Waals surface area contributed by atoms with Gasteiger partial charge in [-0.05, 0) is 77.5 Å². The van der Waals surface area contributed by atoms with Gasteiger partial charge in [-0.15, -0.1) is 0 Å². The van der Waals surface area contributed by atoms with E-state index in [2.05, 4.69) is 45.9 Å². The second-order valence-corrected chi connectivity index (χ2v) is 10.8. The van der Waals surface area contributed by atoms with Gasteiger partial charge in [-0.2, -0.15) is 0 Å². The van der Waals surface area contributed by atoms with E-state index in [-0.39, 0.29) is 16.9 Å². The Morgan fingerprint density at radius 2 is 1.52 bits per heavy atom. The first-order valence-electron chi connectivity index (χ1n) is 11.8. The molecule has 3 nitrogen and oxygen atoms in total. The van der Waals surface area contributed by atoms with Gasteiger partial charge in [0, 0.05) is 5.92 Å². The lowest BCUT2D eigenvalue weighted by Crippen LogP contribution is -2.34. The fraction of sp³-hybridized carbons (Fsp3) is 0.536. The van der Waals surface area contributed by atoms with Crippen molar-refractivity contribution in [3.63, 3.8) is 0 Å². The number of carbonyl (C=O) groups is 1. The van der Waals surface area contributed by atoms with Gasteiger partial charge in [-0.25, -0.2) is 4.79 Å². The van der Waals surface area contributed by atoms with Crippen LogP contribution in [0.3, 0.4) is 0 Å². The van der Waals surface area contributed by atoms with Crippen LogP contribution < -0.4 is 4.74 Å². The van der Waals surface area contributed by atoms with Crippen LogP contribution in [0.15, 0.2) is 42.5 Å². The molecule has 1 unspecified atom stereocenters. The van der Waals surface area contributed by atoms with Crippen molar-refractivity contribution < 1.29 is 14.6 Å². The summed E-state index contributed by atoms with van der Waals surface area (Å²) in [6, 6.07) is 13.9. The Morgan fingerprint density at radius 3 is 2.13 bits per heavy atom. The monoisotopic (exact) mass is 420 g/mol. The predicted molar refractivity (Wildman–Crippen MR) is 125 cm³/mol. The van der Waals surface area contributed by atoms with E-state index in [0.29, 0.717) is 11.5 Å². The fourth-order valence-electron chi connectivity index (χ4n) is 5.48. The van der Waals surface area contributed by atoms with E-state index in [0.717, 1.165) is 5.75 Å². The van der Waals surface area contributed by atoms with E-state index in [9.17, 15) is 9.90 Å². The van der Waals surface area contributed by atoms with Gasteiger partial charge in [-0.1, -0.05) is 65.2 Å². The lowest BCUT2D eigenvalue weighted by atomic mass is 9.62. The van der Waals surface area contributed by atoms with Crippen molar-refractivity contribution in [2.24, 2.45) is 5.92 Å². The molecule has 0 bridgehead atoms. The average Bonchev–Trinajstić information content (AvgIpc) is 2.76. The van der Waals surface area contributed by atoms with E-state index >= 15 is 0 Å². The molecule has 2 aliphatic carbocycles. The van der Waals surface area contributed by atoms with E-state index < -0.39 is 5.97 Å². The number of hydrogen-bond acceptors (Lipinski definition) is 2. The molecule has 2 aromatic carbocycles. The highest BCUT2D eigenvalue weighted by Crippen LogP contribution is 2.47. The van der Waals surface area contributed by atoms with Crippen LogP contribution in [0.2, 0.25) is 0 Å². The molecule has 3 heteroatoms. The Bertz CT molecular complexity index is 933. The van der Waals surface area contributed by atoms with Gasteiger partial charge in [0.2, 0.25) is 0 Å². The first kappa shape index (κ1) is 21.9. The Kier molecular flexibility index (Phi) is 5.89. The Hall–Kier alpha value is -2.29. The number of rotatable bonds is 5. The number of benzene rings is 2. The van der Waals surface area contributed by atoms with Crippen molar-refractivity contribution in [2.45, 2.75) is 89.6 Å². The summed E-state index contributed by atoms with van der Waals surface area (Å²) in [5.74, 6) is 0.332. The van der Waals surface area contributed by atoms with Gasteiger partial charge in [0.25, 0.3) is 0 Å². The molecular weight excluding hydrogens is 384 g/mol. The molecule has 1 saturated carbocycles. The minimum atomic E-state index is -0.907. The summed E-state index contributed by atoms with van der Waals surface area (Å²) in [5, 5.41) is 9.20. The van der Waals surface area contributed by atoms with Gasteiger partial charge in [0.05, 0.1) is 5.56 Å². The SMILES string of the molecule is CC1(C)CCC(C)(C)c2cc(C(Oc3ccc(C(=O)O)cc3)C3CCCCC3)ccc21. The molecule has 1 fully saturated rings. The topological polar surface area (TPSA) is 46.5 Å². The molecule has 1 N–H and O–H groups in total. The highest BCUT2D eigenvalue weighted by atomic mass is 16.5. The predicted octanol–water partition coefficient (Wildman–Crippen LogP) is 7.43. The molecule has 4 rings (SSSR count). The molecule has 0 amide bonds. The van der Waals surface area contributed by atoms with Crippen LogP contribution in [0.1, 0.15) is 106 Å². The summed E-state index contributed by atoms with van der Waals surface area (Å²) in [5.41, 5.74) is 4.86. The maximum Gasteiger partial charge on any atom is 0.335 e. The van der Waals surface area contributed by atoms with Crippen molar-refractivity contribution in [3.8, 4) is 5.75 Å². The molecule has 166 valence electrons. The highest BCUT2D eigenvalue weighted by molar-refractivity contribution is 5.87. The molecule has 2 aromatic rings. The second kappa shape index (κ2) is 8.33. The van der Waals surface area contributed by atoms with Crippen molar-refractivity contribution in [1.82, 2.24) is 0 Å². The molecule has 0 aromatic heterocycles. The van der Waals surface area contributed by atoms with Crippen LogP contribution in [0.4, 0.5) is 0 Å². The van der Waals surface area contributed by atoms with Gasteiger partial charge < -0.3 is 9.84 Å². The quantitative estimate of drug-likeness (QED) is 0.547. The molecule has 0 radical (unpaired) electrons. The molecule has 31 heavy (non-hydrogen) atoms. The first-order chi connectivity index (χ1) is 14.7. The van der Waals surface area contributed by atoms with Crippen LogP contribution in [0.25, 0.3) is 0 Å². The third-order valence-corrected chi connectivity index (χ3v) is 7.65. The lowest BCUT2D eigenvalue weighted by Gasteiger charge is -2.42. The van der Waals surface area contributed by atoms with Crippen LogP contribution in [0, 0.1) is 5.92 Å². The molecule has 0 aliphatic heterocycles. The van der Waals surface area contributed by atoms with E-state index in [4.69, 9.17) is 4.74 Å². The van der Waals surface area contributed by atoms with Gasteiger partial charge in [0.15, 0.2) is 0 Å². The number of ether oxygens (including phenoxy) is 1. The lowest BCUT2D eigenvalue weighted by molar-refractivity contribution is 0.0696. The fourth-order valence-corrected chi connectivity index (χ4v) is 5.48. The highest BCUT2D eigenvalue weighted by Gasteiger charge is 2.38. The van der Waals surface area contributed by atoms with Crippen molar-refractivity contribution in [1.29, 1.82) is 0 Å². The summed E-state index contributed by atoms with van der Waals surface area (Å²) >= 11 is 0. The zero-order valence-corrected chi connectivity index (χ0v) is 19.4. The molecule has 0 spiro atoms. The normalized spacial score (nSPS) is 21.2. The minimum absolute atomic E-state index is 0.00196. The number of fused-ring (bicyclic) bond motifs is 1. The Labute approximate surface area is 186 Å². The number of carboxylic acid groups (broad SMARTS) is 1. The zero-order chi connectivity index (χ0) is 22.2. The number of aromatic carboxylic acids is 1. The maximum atomic E-state index is 11.2. The van der Waals surface area contributed by atoms with E-state index in [1.807, 2.05) is 0 Å². The molecule has 0 heterocycles. The third kappa shape index (κ3) is 4.51. The summed E-state index contributed by atoms with van der Waals surface area (Å²) < 4.78 is 6.59. The van der Waals surface area contributed by atoms with Gasteiger partial charge >= 0.3 is 5.97 Å². The molecule has 0 saturated heterocycles. The Morgan fingerprint density at radius 1 is 0.903 bits per heavy atom. The van der Waals surface area contributed by atoms with Gasteiger partial charge in [-0.3, -0.25) is 0 Å². The molecule has 1 atom stereocenters. The second-order valence-electron chi connectivity index (χ2n) is 10.8. The number of hydrogen-bond donors (Lipinski definition) is 1. The van der Waals surface area contributed by atoms with E-state index in [1.54, 1.807) is 24.3 Å². The maximum absolute atomic E-state index is 11.2. The van der Waals surface area contributed by atoms with Crippen LogP contribution in [0.5, 0.6) is 5.75 Å². The third-order valence-electron chi connectivity index (χ3n) is 7.65.